The molecule has 2 aromatic rings. The summed E-state index contributed by atoms with van der Waals surface area (Å²) in [5, 5.41) is 4.01. The van der Waals surface area contributed by atoms with Crippen LogP contribution < -0.4 is 4.90 Å². The summed E-state index contributed by atoms with van der Waals surface area (Å²) in [5.74, 6) is 0.761. The van der Waals surface area contributed by atoms with E-state index in [2.05, 4.69) is 31.8 Å². The first kappa shape index (κ1) is 17.9. The molecule has 5 fully saturated rings. The van der Waals surface area contributed by atoms with Crippen molar-refractivity contribution in [3.05, 3.63) is 12.4 Å². The van der Waals surface area contributed by atoms with Gasteiger partial charge in [0.2, 0.25) is 0 Å². The van der Waals surface area contributed by atoms with Crippen LogP contribution in [0.3, 0.4) is 0 Å². The van der Waals surface area contributed by atoms with Crippen LogP contribution in [0, 0.1) is 5.41 Å². The average molecular weight is 404 g/mol. The van der Waals surface area contributed by atoms with Gasteiger partial charge in [-0.15, -0.1) is 0 Å². The first-order valence-electron chi connectivity index (χ1n) is 10.5. The Labute approximate surface area is 168 Å². The molecule has 5 aliphatic rings. The van der Waals surface area contributed by atoms with Crippen molar-refractivity contribution < 1.29 is 13.5 Å². The molecule has 2 aromatic heterocycles. The fraction of sp³-hybridized carbons (Fsp3) is 0.750. The van der Waals surface area contributed by atoms with Gasteiger partial charge >= 0.3 is 0 Å². The van der Waals surface area contributed by atoms with Crippen molar-refractivity contribution in [2.24, 2.45) is 5.41 Å². The van der Waals surface area contributed by atoms with E-state index in [9.17, 15) is 8.78 Å². The maximum atomic E-state index is 12.8. The minimum absolute atomic E-state index is 0.139. The van der Waals surface area contributed by atoms with Crippen molar-refractivity contribution >= 4 is 17.0 Å². The molecule has 7 rings (SSSR count). The summed E-state index contributed by atoms with van der Waals surface area (Å²) in [4.78, 5) is 13.9. The maximum absolute atomic E-state index is 12.8. The number of anilines is 1. The molecule has 0 amide bonds. The minimum atomic E-state index is -2.46. The number of ether oxygens (including phenoxy) is 1. The molecule has 1 saturated carbocycles. The fourth-order valence-corrected chi connectivity index (χ4v) is 6.05. The maximum Gasteiger partial charge on any atom is 0.258 e. The van der Waals surface area contributed by atoms with Gasteiger partial charge in [0, 0.05) is 31.7 Å². The van der Waals surface area contributed by atoms with Crippen LogP contribution in [0.4, 0.5) is 14.6 Å². The third-order valence-corrected chi connectivity index (χ3v) is 7.61. The van der Waals surface area contributed by atoms with Crippen LogP contribution in [0.2, 0.25) is 0 Å². The van der Waals surface area contributed by atoms with E-state index in [4.69, 9.17) is 4.74 Å². The molecule has 4 saturated heterocycles. The number of nitrogens with zero attached hydrogens (tertiary/aromatic N) is 6. The summed E-state index contributed by atoms with van der Waals surface area (Å²) in [7, 11) is 0. The molecule has 0 radical (unpaired) electrons. The summed E-state index contributed by atoms with van der Waals surface area (Å²) >= 11 is 0. The molecule has 29 heavy (non-hydrogen) atoms. The third kappa shape index (κ3) is 2.70. The zero-order chi connectivity index (χ0) is 19.9. The number of hydrogen-bond acceptors (Lipinski definition) is 6. The molecule has 2 bridgehead atoms. The predicted octanol–water partition coefficient (Wildman–Crippen LogP) is 2.32. The van der Waals surface area contributed by atoms with Gasteiger partial charge in [0.15, 0.2) is 5.65 Å². The van der Waals surface area contributed by atoms with Crippen molar-refractivity contribution in [3.63, 3.8) is 0 Å². The van der Waals surface area contributed by atoms with E-state index in [1.165, 1.54) is 36.8 Å². The third-order valence-electron chi connectivity index (χ3n) is 7.61. The van der Waals surface area contributed by atoms with Crippen LogP contribution in [-0.2, 0) is 11.3 Å². The molecule has 0 aromatic carbocycles. The Hall–Kier alpha value is -1.87. The van der Waals surface area contributed by atoms with Gasteiger partial charge in [-0.3, -0.25) is 4.90 Å². The lowest BCUT2D eigenvalue weighted by Crippen LogP contribution is -2.71. The molecule has 156 valence electrons. The van der Waals surface area contributed by atoms with Crippen molar-refractivity contribution in [2.75, 3.05) is 37.7 Å². The van der Waals surface area contributed by atoms with E-state index in [1.807, 2.05) is 0 Å². The number of aromatic nitrogens is 4. The topological polar surface area (TPSA) is 59.3 Å². The normalized spacial score (nSPS) is 33.4. The highest BCUT2D eigenvalue weighted by Crippen LogP contribution is 2.58. The molecule has 9 heteroatoms. The quantitative estimate of drug-likeness (QED) is 0.780. The Morgan fingerprint density at radius 1 is 1.17 bits per heavy atom. The Bertz CT molecular complexity index is 940. The highest BCUT2D eigenvalue weighted by molar-refractivity contribution is 5.71. The van der Waals surface area contributed by atoms with Gasteiger partial charge in [0.05, 0.1) is 24.6 Å². The van der Waals surface area contributed by atoms with Crippen LogP contribution in [0.15, 0.2) is 12.4 Å². The van der Waals surface area contributed by atoms with Crippen molar-refractivity contribution in [1.29, 1.82) is 0 Å². The van der Waals surface area contributed by atoms with E-state index in [1.54, 1.807) is 6.20 Å². The zero-order valence-electron chi connectivity index (χ0n) is 16.7. The summed E-state index contributed by atoms with van der Waals surface area (Å²) in [6.45, 7) is 6.88. The van der Waals surface area contributed by atoms with Crippen molar-refractivity contribution in [3.8, 4) is 0 Å². The van der Waals surface area contributed by atoms with E-state index >= 15 is 0 Å². The summed E-state index contributed by atoms with van der Waals surface area (Å²) in [6.07, 6.45) is 5.42. The standard InChI is InChI=1S/C20H26F2N6O/c1-18-9-20(10-18,13-29-18)27-11-19(12-27)2-4-26(5-3-19)16-7-23-14-6-24-28(8-15(21)22)17(14)25-16/h6-7,15H,2-5,8-13H2,1H3. The van der Waals surface area contributed by atoms with Gasteiger partial charge in [-0.1, -0.05) is 0 Å². The van der Waals surface area contributed by atoms with E-state index in [0.717, 1.165) is 38.4 Å². The number of piperidine rings is 1. The highest BCUT2D eigenvalue weighted by atomic mass is 19.3. The Morgan fingerprint density at radius 3 is 2.59 bits per heavy atom. The Balaban J connectivity index is 1.12. The molecular weight excluding hydrogens is 378 g/mol. The lowest BCUT2D eigenvalue weighted by molar-refractivity contribution is -0.117. The lowest BCUT2D eigenvalue weighted by Gasteiger charge is -2.62. The molecule has 0 atom stereocenters. The first-order valence-corrected chi connectivity index (χ1v) is 10.5. The predicted molar refractivity (Wildman–Crippen MR) is 103 cm³/mol. The summed E-state index contributed by atoms with van der Waals surface area (Å²) in [6, 6.07) is 0. The summed E-state index contributed by atoms with van der Waals surface area (Å²) < 4.78 is 32.8. The number of likely N-dealkylation sites (tertiary alicyclic amines) is 1. The van der Waals surface area contributed by atoms with Gasteiger partial charge in [-0.2, -0.15) is 5.10 Å². The highest BCUT2D eigenvalue weighted by Gasteiger charge is 2.66. The number of alkyl halides is 2. The van der Waals surface area contributed by atoms with Crippen LogP contribution in [-0.4, -0.2) is 75.0 Å². The van der Waals surface area contributed by atoms with Crippen molar-refractivity contribution in [1.82, 2.24) is 24.6 Å². The number of halogens is 2. The molecule has 7 nitrogen and oxygen atoms in total. The van der Waals surface area contributed by atoms with Gasteiger partial charge in [0.25, 0.3) is 6.43 Å². The van der Waals surface area contributed by atoms with Crippen LogP contribution in [0.25, 0.3) is 11.2 Å². The fourth-order valence-electron chi connectivity index (χ4n) is 6.05. The smallest absolute Gasteiger partial charge is 0.258 e. The molecule has 0 unspecified atom stereocenters. The second-order valence-corrected chi connectivity index (χ2v) is 9.81. The number of fused-ring (bicyclic) bond motifs is 2. The van der Waals surface area contributed by atoms with Crippen LogP contribution >= 0.6 is 0 Å². The Morgan fingerprint density at radius 2 is 1.93 bits per heavy atom. The number of hydrogen-bond donors (Lipinski definition) is 0. The molecule has 6 heterocycles. The lowest BCUT2D eigenvalue weighted by atomic mass is 9.63. The van der Waals surface area contributed by atoms with Gasteiger partial charge in [0.1, 0.15) is 17.9 Å². The molecule has 4 aliphatic heterocycles. The molecule has 0 N–H and O–H groups in total. The second-order valence-electron chi connectivity index (χ2n) is 9.81. The minimum Gasteiger partial charge on any atom is -0.373 e. The van der Waals surface area contributed by atoms with Crippen LogP contribution in [0.1, 0.15) is 32.6 Å². The largest absolute Gasteiger partial charge is 0.373 e. The van der Waals surface area contributed by atoms with Crippen molar-refractivity contribution in [2.45, 2.75) is 56.7 Å². The second kappa shape index (κ2) is 5.85. The molecule has 1 spiro atoms. The van der Waals surface area contributed by atoms with E-state index < -0.39 is 13.0 Å². The molecule has 1 aliphatic carbocycles. The number of rotatable bonds is 4. The zero-order valence-corrected chi connectivity index (χ0v) is 16.7. The monoisotopic (exact) mass is 404 g/mol. The van der Waals surface area contributed by atoms with Gasteiger partial charge in [-0.05, 0) is 38.0 Å². The van der Waals surface area contributed by atoms with Crippen LogP contribution in [0.5, 0.6) is 0 Å². The first-order chi connectivity index (χ1) is 13.9. The SMILES string of the molecule is CC12CC(N3CC4(CCN(c5cnc6cnn(CC(F)F)c6n5)CC4)C3)(CO1)C2. The Kier molecular flexibility index (Phi) is 3.62. The van der Waals surface area contributed by atoms with E-state index in [-0.39, 0.29) is 5.60 Å². The average Bonchev–Trinajstić information content (AvgIpc) is 3.30. The summed E-state index contributed by atoms with van der Waals surface area (Å²) in [5.41, 5.74) is 1.86. The molecular formula is C20H26F2N6O. The van der Waals surface area contributed by atoms with Gasteiger partial charge in [-0.25, -0.2) is 23.4 Å². The van der Waals surface area contributed by atoms with Gasteiger partial charge < -0.3 is 9.64 Å². The van der Waals surface area contributed by atoms with E-state index in [0.29, 0.717) is 22.1 Å².